The molecule has 34 heavy (non-hydrogen) atoms. The summed E-state index contributed by atoms with van der Waals surface area (Å²) in [5.41, 5.74) is 7.95. The number of hydrogen-bond donors (Lipinski definition) is 0. The summed E-state index contributed by atoms with van der Waals surface area (Å²) in [4.78, 5) is 0. The van der Waals surface area contributed by atoms with E-state index < -0.39 is 35.8 Å². The monoisotopic (exact) mass is 624 g/mol. The Morgan fingerprint density at radius 3 is 1.06 bits per heavy atom. The summed E-state index contributed by atoms with van der Waals surface area (Å²) in [5.74, 6) is 1.99. The topological polar surface area (TPSA) is 24.7 Å². The molecule has 2 nitrogen and oxygen atoms in total. The molecular formula is C30H40Mo2N2. The summed E-state index contributed by atoms with van der Waals surface area (Å²) in [7, 11) is 0. The molecule has 182 valence electrons. The van der Waals surface area contributed by atoms with E-state index in [2.05, 4.69) is 125 Å². The number of nitrogens with zero attached hydrogens (tertiary/aromatic N) is 2. The third-order valence-electron chi connectivity index (χ3n) is 5.59. The van der Waals surface area contributed by atoms with Crippen LogP contribution in [0.3, 0.4) is 0 Å². The van der Waals surface area contributed by atoms with Crippen LogP contribution >= 0.6 is 0 Å². The molecule has 0 atom stereocenters. The minimum atomic E-state index is -0.553. The summed E-state index contributed by atoms with van der Waals surface area (Å²) in [6, 6.07) is 13.3. The summed E-state index contributed by atoms with van der Waals surface area (Å²) < 4.78 is 14.6. The van der Waals surface area contributed by atoms with Crippen molar-refractivity contribution < 1.29 is 35.8 Å². The minimum absolute atomic E-state index is 0.498. The molecule has 0 fully saturated rings. The second-order valence-corrected chi connectivity index (χ2v) is 12.9. The Bertz CT molecular complexity index is 994. The first-order chi connectivity index (χ1) is 16.2. The van der Waals surface area contributed by atoms with Gasteiger partial charge in [0.15, 0.2) is 0 Å². The van der Waals surface area contributed by atoms with Crippen LogP contribution in [0.1, 0.15) is 101 Å². The van der Waals surface area contributed by atoms with Crippen LogP contribution in [0, 0.1) is 0 Å². The van der Waals surface area contributed by atoms with Crippen molar-refractivity contribution in [2.45, 2.75) is 79.1 Å². The van der Waals surface area contributed by atoms with Crippen molar-refractivity contribution in [3.63, 3.8) is 0 Å². The predicted octanol–water partition coefficient (Wildman–Crippen LogP) is 9.39. The predicted molar refractivity (Wildman–Crippen MR) is 144 cm³/mol. The van der Waals surface area contributed by atoms with Crippen molar-refractivity contribution in [3.8, 4) is 0 Å². The van der Waals surface area contributed by atoms with Gasteiger partial charge in [-0.1, -0.05) is 0 Å². The van der Waals surface area contributed by atoms with Gasteiger partial charge in [-0.15, -0.1) is 0 Å². The van der Waals surface area contributed by atoms with Crippen LogP contribution in [-0.2, 0) is 35.8 Å². The van der Waals surface area contributed by atoms with Crippen LogP contribution in [0.25, 0.3) is 0 Å². The van der Waals surface area contributed by atoms with Crippen LogP contribution < -0.4 is 0 Å². The molecule has 0 heterocycles. The van der Waals surface area contributed by atoms with Crippen molar-refractivity contribution in [1.82, 2.24) is 0 Å². The number of rotatable bonds is 9. The molecule has 0 aliphatic carbocycles. The quantitative estimate of drug-likeness (QED) is 0.197. The summed E-state index contributed by atoms with van der Waals surface area (Å²) in [6.07, 6.45) is 8.52. The zero-order chi connectivity index (χ0) is 25.1. The number of allylic oxidation sites excluding steroid dienone is 4. The Hall–Kier alpha value is -1.36. The van der Waals surface area contributed by atoms with E-state index in [1.54, 1.807) is 0 Å². The van der Waals surface area contributed by atoms with E-state index in [4.69, 9.17) is 6.99 Å². The first-order valence-corrected chi connectivity index (χ1v) is 16.3. The maximum atomic E-state index is 5.06. The van der Waals surface area contributed by atoms with Gasteiger partial charge in [0.2, 0.25) is 0 Å². The van der Waals surface area contributed by atoms with Gasteiger partial charge < -0.3 is 0 Å². The summed E-state index contributed by atoms with van der Waals surface area (Å²) in [6.45, 7) is 18.0. The van der Waals surface area contributed by atoms with Gasteiger partial charge in [0.05, 0.1) is 0 Å². The van der Waals surface area contributed by atoms with E-state index in [0.717, 1.165) is 0 Å². The molecule has 0 unspecified atom stereocenters. The first-order valence-electron chi connectivity index (χ1n) is 12.2. The Morgan fingerprint density at radius 1 is 0.500 bits per heavy atom. The molecule has 0 saturated heterocycles. The molecule has 0 bridgehead atoms. The normalized spacial score (nSPS) is 11.8. The van der Waals surface area contributed by atoms with Crippen LogP contribution in [-0.4, -0.2) is 8.80 Å². The Balaban J connectivity index is 2.13. The van der Waals surface area contributed by atoms with E-state index in [1.165, 1.54) is 33.6 Å². The fourth-order valence-electron chi connectivity index (χ4n) is 3.69. The Kier molecular flexibility index (Phi) is 12.7. The van der Waals surface area contributed by atoms with E-state index in [0.29, 0.717) is 23.7 Å². The van der Waals surface area contributed by atoms with Crippen molar-refractivity contribution in [2.75, 3.05) is 0 Å². The van der Waals surface area contributed by atoms with E-state index in [1.807, 2.05) is 0 Å². The Labute approximate surface area is 223 Å². The summed E-state index contributed by atoms with van der Waals surface area (Å²) >= 11 is -1.11. The van der Waals surface area contributed by atoms with Gasteiger partial charge in [-0.25, -0.2) is 0 Å². The fraction of sp³-hybridized carbons (Fsp3) is 0.400. The van der Waals surface area contributed by atoms with Gasteiger partial charge in [-0.05, 0) is 0 Å². The fourth-order valence-corrected chi connectivity index (χ4v) is 6.34. The molecule has 0 aliphatic heterocycles. The molecule has 2 aromatic rings. The van der Waals surface area contributed by atoms with E-state index in [9.17, 15) is 0 Å². The third-order valence-corrected chi connectivity index (χ3v) is 8.37. The van der Waals surface area contributed by atoms with Crippen LogP contribution in [0.2, 0.25) is 0 Å². The zero-order valence-electron chi connectivity index (χ0n) is 21.9. The van der Waals surface area contributed by atoms with Gasteiger partial charge in [0.25, 0.3) is 0 Å². The maximum absolute atomic E-state index is 5.06. The molecular weight excluding hydrogens is 580 g/mol. The average Bonchev–Trinajstić information content (AvgIpc) is 2.79. The standard InChI is InChI=1S/2C12H17N.C6H6.2Mo/c2*1-8(2)10-6-5-7-11(9(3)4)12(10)13;1-3-5-6-4-2;;/h2*5-9H,1-4H3;1-6H;;/b;;5-3+,6-4+;;. The first kappa shape index (κ1) is 28.9. The van der Waals surface area contributed by atoms with Crippen LogP contribution in [0.5, 0.6) is 0 Å². The SMILES string of the molecule is CC(C)c1cccc(C(C)C)c1[N]=[Mo]=[CH]/C=C/C=C/[CH]=[Mo]=[N]c1c(C(C)C)cccc1C(C)C. The molecule has 0 aliphatic rings. The summed E-state index contributed by atoms with van der Waals surface area (Å²) in [5, 5.41) is 0. The van der Waals surface area contributed by atoms with Crippen molar-refractivity contribution in [3.05, 3.63) is 83.0 Å². The van der Waals surface area contributed by atoms with Gasteiger partial charge in [-0.2, -0.15) is 0 Å². The van der Waals surface area contributed by atoms with E-state index >= 15 is 0 Å². The van der Waals surface area contributed by atoms with Crippen LogP contribution in [0.15, 0.2) is 67.7 Å². The molecule has 0 amide bonds. The van der Waals surface area contributed by atoms with Crippen LogP contribution in [0.4, 0.5) is 11.4 Å². The van der Waals surface area contributed by atoms with E-state index in [-0.39, 0.29) is 0 Å². The molecule has 0 spiro atoms. The van der Waals surface area contributed by atoms with Gasteiger partial charge in [-0.3, -0.25) is 0 Å². The number of benzene rings is 2. The zero-order valence-corrected chi connectivity index (χ0v) is 26.0. The second kappa shape index (κ2) is 14.9. The second-order valence-electron chi connectivity index (χ2n) is 9.62. The molecule has 2 rings (SSSR count). The van der Waals surface area contributed by atoms with Gasteiger partial charge >= 0.3 is 225 Å². The molecule has 0 radical (unpaired) electrons. The molecule has 0 aromatic heterocycles. The molecule has 4 heteroatoms. The van der Waals surface area contributed by atoms with Crippen molar-refractivity contribution >= 4 is 20.2 Å². The molecule has 0 saturated carbocycles. The number of hydrogen-bond acceptors (Lipinski definition) is 2. The van der Waals surface area contributed by atoms with Crippen molar-refractivity contribution in [1.29, 1.82) is 0 Å². The average molecular weight is 621 g/mol. The van der Waals surface area contributed by atoms with Gasteiger partial charge in [0, 0.05) is 0 Å². The van der Waals surface area contributed by atoms with Crippen molar-refractivity contribution in [2.24, 2.45) is 6.99 Å². The molecule has 2 aromatic carbocycles. The molecule has 0 N–H and O–H groups in total. The van der Waals surface area contributed by atoms with Gasteiger partial charge in [0.1, 0.15) is 0 Å². The Morgan fingerprint density at radius 2 is 0.794 bits per heavy atom. The third kappa shape index (κ3) is 8.69.